The second-order valence-electron chi connectivity index (χ2n) is 4.50. The van der Waals surface area contributed by atoms with Gasteiger partial charge in [0.1, 0.15) is 0 Å². The molecule has 3 aromatic carbocycles. The predicted molar refractivity (Wildman–Crippen MR) is 77.2 cm³/mol. The molecule has 0 aromatic heterocycles. The highest BCUT2D eigenvalue weighted by atomic mass is 14.5. The molecule has 0 spiro atoms. The fourth-order valence-corrected chi connectivity index (χ4v) is 2.64. The number of rotatable bonds is 2. The van der Waals surface area contributed by atoms with E-state index in [1.54, 1.807) is 0 Å². The summed E-state index contributed by atoms with van der Waals surface area (Å²) in [6.07, 6.45) is 0. The largest absolute Gasteiger partial charge is 0.326 e. The molecular formula is C16H16N2. The van der Waals surface area contributed by atoms with Crippen LogP contribution >= 0.6 is 0 Å². The van der Waals surface area contributed by atoms with E-state index < -0.39 is 0 Å². The lowest BCUT2D eigenvalue weighted by molar-refractivity contribution is 1.08. The average Bonchev–Trinajstić information content (AvgIpc) is 2.44. The van der Waals surface area contributed by atoms with E-state index in [0.717, 1.165) is 0 Å². The molecule has 18 heavy (non-hydrogen) atoms. The lowest BCUT2D eigenvalue weighted by Crippen LogP contribution is -2.02. The van der Waals surface area contributed by atoms with E-state index in [9.17, 15) is 0 Å². The second kappa shape index (κ2) is 4.41. The minimum atomic E-state index is 0.547. The van der Waals surface area contributed by atoms with Gasteiger partial charge in [0, 0.05) is 13.1 Å². The molecule has 0 aliphatic carbocycles. The predicted octanol–water partition coefficient (Wildman–Crippen LogP) is 2.91. The summed E-state index contributed by atoms with van der Waals surface area (Å²) in [5, 5.41) is 4.91. The summed E-state index contributed by atoms with van der Waals surface area (Å²) in [6, 6.07) is 16.8. The molecule has 0 amide bonds. The van der Waals surface area contributed by atoms with Gasteiger partial charge in [0.25, 0.3) is 0 Å². The first-order chi connectivity index (χ1) is 8.85. The van der Waals surface area contributed by atoms with Crippen molar-refractivity contribution in [3.05, 3.63) is 59.7 Å². The van der Waals surface area contributed by atoms with Gasteiger partial charge in [-0.05, 0) is 38.7 Å². The van der Waals surface area contributed by atoms with Crippen LogP contribution in [0.25, 0.3) is 21.5 Å². The Morgan fingerprint density at radius 2 is 1.50 bits per heavy atom. The molecule has 0 aliphatic rings. The first-order valence-electron chi connectivity index (χ1n) is 6.17. The monoisotopic (exact) mass is 236 g/mol. The first-order valence-corrected chi connectivity index (χ1v) is 6.17. The lowest BCUT2D eigenvalue weighted by Gasteiger charge is -2.12. The van der Waals surface area contributed by atoms with Crippen molar-refractivity contribution in [3.63, 3.8) is 0 Å². The molecule has 0 atom stereocenters. The van der Waals surface area contributed by atoms with Gasteiger partial charge in [-0.25, -0.2) is 0 Å². The van der Waals surface area contributed by atoms with Crippen LogP contribution in [0, 0.1) is 0 Å². The van der Waals surface area contributed by atoms with Crippen molar-refractivity contribution >= 4 is 21.5 Å². The van der Waals surface area contributed by atoms with E-state index in [0.29, 0.717) is 13.1 Å². The fourth-order valence-electron chi connectivity index (χ4n) is 2.64. The van der Waals surface area contributed by atoms with Gasteiger partial charge in [-0.2, -0.15) is 0 Å². The molecule has 0 unspecified atom stereocenters. The molecule has 0 fully saturated rings. The molecular weight excluding hydrogens is 220 g/mol. The van der Waals surface area contributed by atoms with Crippen LogP contribution in [0.5, 0.6) is 0 Å². The average molecular weight is 236 g/mol. The topological polar surface area (TPSA) is 52.0 Å². The van der Waals surface area contributed by atoms with Gasteiger partial charge in [0.15, 0.2) is 0 Å². The maximum Gasteiger partial charge on any atom is 0.0190 e. The van der Waals surface area contributed by atoms with Gasteiger partial charge in [-0.1, -0.05) is 42.5 Å². The van der Waals surface area contributed by atoms with Crippen LogP contribution in [0.3, 0.4) is 0 Å². The summed E-state index contributed by atoms with van der Waals surface area (Å²) < 4.78 is 0. The van der Waals surface area contributed by atoms with E-state index in [-0.39, 0.29) is 0 Å². The molecule has 90 valence electrons. The number of hydrogen-bond acceptors (Lipinski definition) is 2. The summed E-state index contributed by atoms with van der Waals surface area (Å²) in [5.74, 6) is 0. The zero-order valence-corrected chi connectivity index (χ0v) is 10.2. The minimum Gasteiger partial charge on any atom is -0.326 e. The smallest absolute Gasteiger partial charge is 0.0190 e. The molecule has 3 rings (SSSR count). The Kier molecular flexibility index (Phi) is 2.74. The van der Waals surface area contributed by atoms with Gasteiger partial charge in [0.2, 0.25) is 0 Å². The highest BCUT2D eigenvalue weighted by molar-refractivity contribution is 6.03. The van der Waals surface area contributed by atoms with Crippen LogP contribution in [-0.4, -0.2) is 0 Å². The molecule has 0 aliphatic heterocycles. The van der Waals surface area contributed by atoms with Crippen molar-refractivity contribution in [1.29, 1.82) is 0 Å². The highest BCUT2D eigenvalue weighted by Crippen LogP contribution is 2.30. The Morgan fingerprint density at radius 3 is 2.28 bits per heavy atom. The summed E-state index contributed by atoms with van der Waals surface area (Å²) in [7, 11) is 0. The van der Waals surface area contributed by atoms with Crippen LogP contribution in [0.15, 0.2) is 48.5 Å². The van der Waals surface area contributed by atoms with Crippen LogP contribution < -0.4 is 11.5 Å². The van der Waals surface area contributed by atoms with Gasteiger partial charge >= 0.3 is 0 Å². The Balaban J connectivity index is 2.53. The molecule has 0 saturated heterocycles. The molecule has 3 aromatic rings. The number of benzene rings is 3. The van der Waals surface area contributed by atoms with Gasteiger partial charge in [-0.3, -0.25) is 0 Å². The summed E-state index contributed by atoms with van der Waals surface area (Å²) in [6.45, 7) is 1.10. The Bertz CT molecular complexity index is 717. The molecule has 2 heteroatoms. The maximum absolute atomic E-state index is 5.94. The van der Waals surface area contributed by atoms with Crippen LogP contribution in [-0.2, 0) is 13.1 Å². The highest BCUT2D eigenvalue weighted by Gasteiger charge is 2.08. The normalized spacial score (nSPS) is 11.2. The van der Waals surface area contributed by atoms with E-state index >= 15 is 0 Å². The van der Waals surface area contributed by atoms with Crippen LogP contribution in [0.1, 0.15) is 11.1 Å². The first kappa shape index (κ1) is 11.2. The minimum absolute atomic E-state index is 0.547. The molecule has 4 N–H and O–H groups in total. The third kappa shape index (κ3) is 1.58. The van der Waals surface area contributed by atoms with Gasteiger partial charge < -0.3 is 11.5 Å². The van der Waals surface area contributed by atoms with E-state index in [4.69, 9.17) is 11.5 Å². The summed E-state index contributed by atoms with van der Waals surface area (Å²) in [4.78, 5) is 0. The third-order valence-electron chi connectivity index (χ3n) is 3.53. The Hall–Kier alpha value is -1.90. The molecule has 2 nitrogen and oxygen atoms in total. The van der Waals surface area contributed by atoms with Crippen molar-refractivity contribution in [1.82, 2.24) is 0 Å². The Labute approximate surface area is 106 Å². The van der Waals surface area contributed by atoms with Crippen molar-refractivity contribution in [2.24, 2.45) is 11.5 Å². The Morgan fingerprint density at radius 1 is 0.722 bits per heavy atom. The van der Waals surface area contributed by atoms with E-state index in [1.165, 1.54) is 32.7 Å². The van der Waals surface area contributed by atoms with Crippen molar-refractivity contribution in [2.45, 2.75) is 13.1 Å². The quantitative estimate of drug-likeness (QED) is 0.672. The van der Waals surface area contributed by atoms with E-state index in [1.807, 2.05) is 0 Å². The van der Waals surface area contributed by atoms with Gasteiger partial charge in [-0.15, -0.1) is 0 Å². The third-order valence-corrected chi connectivity index (χ3v) is 3.53. The lowest BCUT2D eigenvalue weighted by atomic mass is 9.94. The molecule has 0 radical (unpaired) electrons. The standard InChI is InChI=1S/C16H16N2/c17-9-12-5-3-7-14-15(12)8-11-4-1-2-6-13(11)16(14)10-18/h1-8H,9-10,17-18H2. The SMILES string of the molecule is NCc1cccc2c(CN)c3ccccc3cc12. The van der Waals surface area contributed by atoms with Crippen LogP contribution in [0.2, 0.25) is 0 Å². The van der Waals surface area contributed by atoms with E-state index in [2.05, 4.69) is 48.5 Å². The molecule has 0 saturated carbocycles. The van der Waals surface area contributed by atoms with Crippen molar-refractivity contribution in [3.8, 4) is 0 Å². The zero-order valence-electron chi connectivity index (χ0n) is 10.2. The number of nitrogens with two attached hydrogens (primary N) is 2. The molecule has 0 bridgehead atoms. The summed E-state index contributed by atoms with van der Waals surface area (Å²) >= 11 is 0. The van der Waals surface area contributed by atoms with Crippen LogP contribution in [0.4, 0.5) is 0 Å². The number of hydrogen-bond donors (Lipinski definition) is 2. The fraction of sp³-hybridized carbons (Fsp3) is 0.125. The maximum atomic E-state index is 5.94. The van der Waals surface area contributed by atoms with Crippen molar-refractivity contribution < 1.29 is 0 Å². The molecule has 0 heterocycles. The number of fused-ring (bicyclic) bond motifs is 2. The van der Waals surface area contributed by atoms with Gasteiger partial charge in [0.05, 0.1) is 0 Å². The summed E-state index contributed by atoms with van der Waals surface area (Å²) in [5.41, 5.74) is 14.1. The van der Waals surface area contributed by atoms with Crippen molar-refractivity contribution in [2.75, 3.05) is 0 Å². The second-order valence-corrected chi connectivity index (χ2v) is 4.50. The zero-order chi connectivity index (χ0) is 12.5.